The van der Waals surface area contributed by atoms with Crippen molar-refractivity contribution in [1.29, 1.82) is 0 Å². The van der Waals surface area contributed by atoms with Gasteiger partial charge in [0, 0.05) is 13.0 Å². The van der Waals surface area contributed by atoms with Crippen molar-refractivity contribution < 1.29 is 13.6 Å². The van der Waals surface area contributed by atoms with E-state index in [0.717, 1.165) is 31.5 Å². The zero-order valence-corrected chi connectivity index (χ0v) is 13.1. The summed E-state index contributed by atoms with van der Waals surface area (Å²) in [6, 6.07) is 9.35. The molecule has 2 atom stereocenters. The number of likely N-dealkylation sites (tertiary alicyclic amines) is 1. The van der Waals surface area contributed by atoms with E-state index in [-0.39, 0.29) is 11.9 Å². The van der Waals surface area contributed by atoms with Crippen molar-refractivity contribution in [2.75, 3.05) is 26.2 Å². The van der Waals surface area contributed by atoms with Gasteiger partial charge in [0.1, 0.15) is 0 Å². The summed E-state index contributed by atoms with van der Waals surface area (Å²) in [5.74, 6) is -3.11. The average Bonchev–Trinajstić information content (AvgIpc) is 3.18. The van der Waals surface area contributed by atoms with Gasteiger partial charge >= 0.3 is 0 Å². The molecule has 0 aliphatic carbocycles. The molecule has 1 aromatic rings. The molecule has 2 heterocycles. The van der Waals surface area contributed by atoms with Gasteiger partial charge in [-0.2, -0.15) is 0 Å². The molecule has 0 radical (unpaired) electrons. The van der Waals surface area contributed by atoms with Gasteiger partial charge < -0.3 is 5.32 Å². The molecular formula is C17H23F2N3O. The Bertz CT molecular complexity index is 532. The van der Waals surface area contributed by atoms with Gasteiger partial charge in [-0.3, -0.25) is 15.0 Å². The standard InChI is InChI=1S/C17H23F2N3O/c18-17(19)10-14(21-12-17)16(23)20-11-15(22-8-4-5-9-22)13-6-2-1-3-7-13/h1-3,6-7,14-15,21H,4-5,8-12H2,(H,20,23). The van der Waals surface area contributed by atoms with Gasteiger partial charge in [-0.15, -0.1) is 0 Å². The molecule has 0 spiro atoms. The Kier molecular flexibility index (Phi) is 4.92. The minimum atomic E-state index is -2.78. The van der Waals surface area contributed by atoms with Crippen LogP contribution in [-0.4, -0.2) is 49.0 Å². The zero-order chi connectivity index (χ0) is 16.3. The van der Waals surface area contributed by atoms with Crippen LogP contribution in [-0.2, 0) is 4.79 Å². The second-order valence-electron chi connectivity index (χ2n) is 6.41. The largest absolute Gasteiger partial charge is 0.353 e. The van der Waals surface area contributed by atoms with Crippen molar-refractivity contribution in [3.8, 4) is 0 Å². The lowest BCUT2D eigenvalue weighted by Gasteiger charge is -2.28. The summed E-state index contributed by atoms with van der Waals surface area (Å²) in [7, 11) is 0. The summed E-state index contributed by atoms with van der Waals surface area (Å²) in [6.45, 7) is 2.05. The van der Waals surface area contributed by atoms with E-state index in [2.05, 4.69) is 27.7 Å². The third-order valence-electron chi connectivity index (χ3n) is 4.66. The van der Waals surface area contributed by atoms with Crippen molar-refractivity contribution in [1.82, 2.24) is 15.5 Å². The first kappa shape index (κ1) is 16.3. The Morgan fingerprint density at radius 3 is 2.61 bits per heavy atom. The summed E-state index contributed by atoms with van der Waals surface area (Å²) in [5.41, 5.74) is 1.15. The van der Waals surface area contributed by atoms with E-state index in [9.17, 15) is 13.6 Å². The molecule has 6 heteroatoms. The van der Waals surface area contributed by atoms with Gasteiger partial charge in [-0.25, -0.2) is 8.78 Å². The number of halogens is 2. The predicted molar refractivity (Wildman–Crippen MR) is 84.4 cm³/mol. The molecular weight excluding hydrogens is 300 g/mol. The van der Waals surface area contributed by atoms with E-state index in [1.807, 2.05) is 18.2 Å². The highest BCUT2D eigenvalue weighted by Gasteiger charge is 2.42. The van der Waals surface area contributed by atoms with Gasteiger partial charge in [-0.1, -0.05) is 30.3 Å². The molecule has 2 N–H and O–H groups in total. The molecule has 0 bridgehead atoms. The van der Waals surface area contributed by atoms with Crippen LogP contribution < -0.4 is 10.6 Å². The second kappa shape index (κ2) is 6.93. The van der Waals surface area contributed by atoms with Crippen molar-refractivity contribution in [3.63, 3.8) is 0 Å². The molecule has 4 nitrogen and oxygen atoms in total. The minimum absolute atomic E-state index is 0.101. The van der Waals surface area contributed by atoms with E-state index in [1.54, 1.807) is 0 Å². The number of nitrogens with one attached hydrogen (secondary N) is 2. The number of carbonyl (C=O) groups is 1. The summed E-state index contributed by atoms with van der Waals surface area (Å²) in [6.07, 6.45) is 1.90. The Balaban J connectivity index is 1.61. The average molecular weight is 323 g/mol. The second-order valence-corrected chi connectivity index (χ2v) is 6.41. The molecule has 2 aliphatic heterocycles. The molecule has 2 aliphatic rings. The molecule has 23 heavy (non-hydrogen) atoms. The van der Waals surface area contributed by atoms with Gasteiger partial charge in [0.15, 0.2) is 0 Å². The van der Waals surface area contributed by atoms with Crippen molar-refractivity contribution in [3.05, 3.63) is 35.9 Å². The van der Waals surface area contributed by atoms with Crippen LogP contribution in [0.15, 0.2) is 30.3 Å². The van der Waals surface area contributed by atoms with Gasteiger partial charge in [-0.05, 0) is 31.5 Å². The van der Waals surface area contributed by atoms with E-state index < -0.39 is 24.9 Å². The van der Waals surface area contributed by atoms with Crippen LogP contribution >= 0.6 is 0 Å². The minimum Gasteiger partial charge on any atom is -0.353 e. The fraction of sp³-hybridized carbons (Fsp3) is 0.588. The summed E-state index contributed by atoms with van der Waals surface area (Å²) in [5, 5.41) is 5.47. The monoisotopic (exact) mass is 323 g/mol. The Morgan fingerprint density at radius 1 is 1.30 bits per heavy atom. The predicted octanol–water partition coefficient (Wildman–Crippen LogP) is 1.94. The van der Waals surface area contributed by atoms with E-state index in [4.69, 9.17) is 0 Å². The number of hydrogen-bond donors (Lipinski definition) is 2. The SMILES string of the molecule is O=C(NCC(c1ccccc1)N1CCCC1)C1CC(F)(F)CN1. The molecule has 2 unspecified atom stereocenters. The van der Waals surface area contributed by atoms with Crippen LogP contribution in [0, 0.1) is 0 Å². The smallest absolute Gasteiger partial charge is 0.262 e. The first-order valence-electron chi connectivity index (χ1n) is 8.23. The number of benzene rings is 1. The number of alkyl halides is 2. The quantitative estimate of drug-likeness (QED) is 0.870. The van der Waals surface area contributed by atoms with E-state index in [0.29, 0.717) is 6.54 Å². The maximum Gasteiger partial charge on any atom is 0.262 e. The Morgan fingerprint density at radius 2 is 2.00 bits per heavy atom. The number of carbonyl (C=O) groups excluding carboxylic acids is 1. The lowest BCUT2D eigenvalue weighted by atomic mass is 10.1. The van der Waals surface area contributed by atoms with Crippen molar-refractivity contribution >= 4 is 5.91 Å². The lowest BCUT2D eigenvalue weighted by Crippen LogP contribution is -2.44. The molecule has 2 fully saturated rings. The first-order chi connectivity index (χ1) is 11.1. The number of hydrogen-bond acceptors (Lipinski definition) is 3. The summed E-state index contributed by atoms with van der Waals surface area (Å²) >= 11 is 0. The van der Waals surface area contributed by atoms with Crippen molar-refractivity contribution in [2.45, 2.75) is 37.3 Å². The topological polar surface area (TPSA) is 44.4 Å². The van der Waals surface area contributed by atoms with Gasteiger partial charge in [0.2, 0.25) is 5.91 Å². The normalized spacial score (nSPS) is 25.4. The van der Waals surface area contributed by atoms with Crippen LogP contribution in [0.1, 0.15) is 30.9 Å². The maximum absolute atomic E-state index is 13.2. The van der Waals surface area contributed by atoms with Crippen LogP contribution in [0.5, 0.6) is 0 Å². The number of amides is 1. The third-order valence-corrected chi connectivity index (χ3v) is 4.66. The fourth-order valence-corrected chi connectivity index (χ4v) is 3.41. The molecule has 126 valence electrons. The highest BCUT2D eigenvalue weighted by Crippen LogP contribution is 2.26. The van der Waals surface area contributed by atoms with Crippen LogP contribution in [0.2, 0.25) is 0 Å². The molecule has 3 rings (SSSR count). The molecule has 1 amide bonds. The summed E-state index contributed by atoms with van der Waals surface area (Å²) in [4.78, 5) is 14.5. The first-order valence-corrected chi connectivity index (χ1v) is 8.23. The van der Waals surface area contributed by atoms with Crippen molar-refractivity contribution in [2.24, 2.45) is 0 Å². The summed E-state index contributed by atoms with van der Waals surface area (Å²) < 4.78 is 26.4. The van der Waals surface area contributed by atoms with Crippen LogP contribution in [0.4, 0.5) is 8.78 Å². The van der Waals surface area contributed by atoms with E-state index in [1.165, 1.54) is 0 Å². The highest BCUT2D eigenvalue weighted by atomic mass is 19.3. The number of nitrogens with zero attached hydrogens (tertiary/aromatic N) is 1. The third kappa shape index (κ3) is 4.06. The van der Waals surface area contributed by atoms with Gasteiger partial charge in [0.25, 0.3) is 5.92 Å². The highest BCUT2D eigenvalue weighted by molar-refractivity contribution is 5.82. The van der Waals surface area contributed by atoms with Crippen LogP contribution in [0.25, 0.3) is 0 Å². The fourth-order valence-electron chi connectivity index (χ4n) is 3.41. The van der Waals surface area contributed by atoms with Crippen LogP contribution in [0.3, 0.4) is 0 Å². The molecule has 1 aromatic carbocycles. The molecule has 0 saturated carbocycles. The van der Waals surface area contributed by atoms with Gasteiger partial charge in [0.05, 0.1) is 18.6 Å². The molecule has 0 aromatic heterocycles. The number of rotatable bonds is 5. The molecule has 2 saturated heterocycles. The Hall–Kier alpha value is -1.53. The Labute approximate surface area is 135 Å². The lowest BCUT2D eigenvalue weighted by molar-refractivity contribution is -0.123. The zero-order valence-electron chi connectivity index (χ0n) is 13.1. The maximum atomic E-state index is 13.2. The van der Waals surface area contributed by atoms with E-state index >= 15 is 0 Å².